The Bertz CT molecular complexity index is 1550. The Morgan fingerprint density at radius 2 is 1.60 bits per heavy atom. The number of likely N-dealkylation sites (tertiary alicyclic amines) is 1. The number of piperidine rings is 2. The number of benzene rings is 3. The highest BCUT2D eigenvalue weighted by Crippen LogP contribution is 2.26. The first-order valence-electron chi connectivity index (χ1n) is 14.4. The number of sulfonamides is 1. The van der Waals surface area contributed by atoms with Crippen LogP contribution < -0.4 is 10.6 Å². The Morgan fingerprint density at radius 1 is 0.881 bits per heavy atom. The molecule has 2 atom stereocenters. The minimum Gasteiger partial charge on any atom is -0.480 e. The molecule has 2 heterocycles. The lowest BCUT2D eigenvalue weighted by Gasteiger charge is -2.32. The zero-order chi connectivity index (χ0) is 29.7. The molecule has 3 aromatic carbocycles. The summed E-state index contributed by atoms with van der Waals surface area (Å²) in [6.45, 7) is 1.75. The third-order valence-electron chi connectivity index (χ3n) is 8.02. The molecule has 2 fully saturated rings. The first kappa shape index (κ1) is 29.5. The largest absolute Gasteiger partial charge is 0.480 e. The predicted octanol–water partition coefficient (Wildman–Crippen LogP) is 4.07. The van der Waals surface area contributed by atoms with Crippen molar-refractivity contribution in [1.29, 1.82) is 0 Å². The molecule has 222 valence electrons. The van der Waals surface area contributed by atoms with Gasteiger partial charge in [-0.25, -0.2) is 18.0 Å². The van der Waals surface area contributed by atoms with Crippen molar-refractivity contribution >= 4 is 44.4 Å². The summed E-state index contributed by atoms with van der Waals surface area (Å²) >= 11 is 0. The van der Waals surface area contributed by atoms with Gasteiger partial charge in [0.1, 0.15) is 6.04 Å². The summed E-state index contributed by atoms with van der Waals surface area (Å²) < 4.78 is 28.2. The van der Waals surface area contributed by atoms with E-state index in [1.807, 2.05) is 24.3 Å². The van der Waals surface area contributed by atoms with Crippen LogP contribution in [-0.4, -0.2) is 72.9 Å². The van der Waals surface area contributed by atoms with Crippen molar-refractivity contribution in [3.05, 3.63) is 72.3 Å². The van der Waals surface area contributed by atoms with E-state index in [9.17, 15) is 27.9 Å². The van der Waals surface area contributed by atoms with Gasteiger partial charge >= 0.3 is 12.0 Å². The van der Waals surface area contributed by atoms with Crippen LogP contribution in [0.15, 0.2) is 71.6 Å². The third-order valence-corrected chi connectivity index (χ3v) is 9.88. The van der Waals surface area contributed by atoms with Gasteiger partial charge in [0.25, 0.3) is 0 Å². The molecule has 2 saturated heterocycles. The van der Waals surface area contributed by atoms with Gasteiger partial charge in [-0.05, 0) is 72.7 Å². The van der Waals surface area contributed by atoms with E-state index in [4.69, 9.17) is 0 Å². The number of hydrogen-bond donors (Lipinski definition) is 3. The van der Waals surface area contributed by atoms with Crippen molar-refractivity contribution in [2.45, 2.75) is 49.5 Å². The number of carboxylic acids is 1. The van der Waals surface area contributed by atoms with Crippen molar-refractivity contribution in [1.82, 2.24) is 14.5 Å². The molecule has 2 aliphatic rings. The standard InChI is InChI=1S/C31H36N4O6S/c36-29(25-9-6-18-35(21-25)42(40,41)27-15-12-23-7-2-3-8-24(23)20-27)33-28(30(37)38)19-22-10-13-26(14-11-22)32-31(39)34-16-4-1-5-17-34/h2-3,7-8,10-15,20,25,28H,1,4-6,9,16-19,21H2,(H,32,39)(H,33,36)(H,37,38)/t25?,28-/m0/s1. The lowest BCUT2D eigenvalue weighted by Crippen LogP contribution is -2.50. The second-order valence-corrected chi connectivity index (χ2v) is 12.9. The summed E-state index contributed by atoms with van der Waals surface area (Å²) in [6.07, 6.45) is 4.12. The van der Waals surface area contributed by atoms with Gasteiger partial charge in [0, 0.05) is 38.3 Å². The highest BCUT2D eigenvalue weighted by molar-refractivity contribution is 7.89. The molecule has 0 aromatic heterocycles. The molecule has 0 bridgehead atoms. The van der Waals surface area contributed by atoms with Crippen LogP contribution in [0.25, 0.3) is 10.8 Å². The summed E-state index contributed by atoms with van der Waals surface area (Å²) in [5, 5.41) is 17.1. The fourth-order valence-corrected chi connectivity index (χ4v) is 7.16. The lowest BCUT2D eigenvalue weighted by molar-refractivity contribution is -0.142. The van der Waals surface area contributed by atoms with E-state index in [1.165, 1.54) is 4.31 Å². The summed E-state index contributed by atoms with van der Waals surface area (Å²) in [6, 6.07) is 18.0. The zero-order valence-electron chi connectivity index (χ0n) is 23.4. The van der Waals surface area contributed by atoms with E-state index in [1.54, 1.807) is 47.4 Å². The number of urea groups is 1. The van der Waals surface area contributed by atoms with Gasteiger partial charge in [0.05, 0.1) is 10.8 Å². The number of nitrogens with zero attached hydrogens (tertiary/aromatic N) is 2. The number of hydrogen-bond acceptors (Lipinski definition) is 5. The highest BCUT2D eigenvalue weighted by Gasteiger charge is 2.35. The Labute approximate surface area is 245 Å². The second kappa shape index (κ2) is 12.9. The number of carboxylic acid groups (broad SMARTS) is 1. The normalized spacial score (nSPS) is 18.8. The van der Waals surface area contributed by atoms with Crippen LogP contribution in [0.2, 0.25) is 0 Å². The van der Waals surface area contributed by atoms with Crippen molar-refractivity contribution in [2.75, 3.05) is 31.5 Å². The van der Waals surface area contributed by atoms with Crippen LogP contribution in [-0.2, 0) is 26.0 Å². The fraction of sp³-hybridized carbons (Fsp3) is 0.387. The number of rotatable bonds is 8. The van der Waals surface area contributed by atoms with Crippen LogP contribution in [0, 0.1) is 5.92 Å². The summed E-state index contributed by atoms with van der Waals surface area (Å²) in [4.78, 5) is 39.6. The van der Waals surface area contributed by atoms with Crippen molar-refractivity contribution in [3.8, 4) is 0 Å². The van der Waals surface area contributed by atoms with Crippen LogP contribution >= 0.6 is 0 Å². The average Bonchev–Trinajstić information content (AvgIpc) is 3.01. The number of aliphatic carboxylic acids is 1. The molecule has 0 spiro atoms. The summed E-state index contributed by atoms with van der Waals surface area (Å²) in [5.41, 5.74) is 1.29. The third kappa shape index (κ3) is 6.91. The molecule has 3 amide bonds. The Balaban J connectivity index is 1.19. The molecule has 1 unspecified atom stereocenters. The first-order chi connectivity index (χ1) is 20.2. The molecular formula is C31H36N4O6S. The average molecular weight is 593 g/mol. The van der Waals surface area contributed by atoms with E-state index in [2.05, 4.69) is 10.6 Å². The van der Waals surface area contributed by atoms with Gasteiger partial charge in [0.2, 0.25) is 15.9 Å². The van der Waals surface area contributed by atoms with E-state index >= 15 is 0 Å². The Kier molecular flexibility index (Phi) is 9.08. The maximum absolute atomic E-state index is 13.4. The maximum atomic E-state index is 13.4. The fourth-order valence-electron chi connectivity index (χ4n) is 5.60. The van der Waals surface area contributed by atoms with E-state index in [0.29, 0.717) is 30.6 Å². The quantitative estimate of drug-likeness (QED) is 0.361. The SMILES string of the molecule is O=C(N[C@@H](Cc1ccc(NC(=O)N2CCCCC2)cc1)C(=O)O)C1CCCN(S(=O)(=O)c2ccc3ccccc3c2)C1. The number of carbonyl (C=O) groups is 3. The summed E-state index contributed by atoms with van der Waals surface area (Å²) in [5.74, 6) is -2.32. The van der Waals surface area contributed by atoms with Crippen LogP contribution in [0.4, 0.5) is 10.5 Å². The van der Waals surface area contributed by atoms with Gasteiger partial charge in [0.15, 0.2) is 0 Å². The van der Waals surface area contributed by atoms with Gasteiger partial charge in [-0.3, -0.25) is 4.79 Å². The zero-order valence-corrected chi connectivity index (χ0v) is 24.2. The second-order valence-electron chi connectivity index (χ2n) is 11.0. The van der Waals surface area contributed by atoms with E-state index in [0.717, 1.165) is 43.1 Å². The minimum absolute atomic E-state index is 0.0151. The topological polar surface area (TPSA) is 136 Å². The molecule has 0 saturated carbocycles. The number of fused-ring (bicyclic) bond motifs is 1. The van der Waals surface area contributed by atoms with Gasteiger partial charge in [-0.1, -0.05) is 42.5 Å². The van der Waals surface area contributed by atoms with Crippen molar-refractivity contribution < 1.29 is 27.9 Å². The Hall–Kier alpha value is -3.96. The lowest BCUT2D eigenvalue weighted by atomic mass is 9.97. The smallest absolute Gasteiger partial charge is 0.326 e. The number of nitrogens with one attached hydrogen (secondary N) is 2. The minimum atomic E-state index is -3.83. The molecular weight excluding hydrogens is 556 g/mol. The summed E-state index contributed by atoms with van der Waals surface area (Å²) in [7, 11) is -3.83. The monoisotopic (exact) mass is 592 g/mol. The van der Waals surface area contributed by atoms with Crippen LogP contribution in [0.1, 0.15) is 37.7 Å². The first-order valence-corrected chi connectivity index (χ1v) is 15.8. The molecule has 11 heteroatoms. The molecule has 0 aliphatic carbocycles. The van der Waals surface area contributed by atoms with Gasteiger partial charge in [-0.15, -0.1) is 0 Å². The molecule has 5 rings (SSSR count). The molecule has 3 N–H and O–H groups in total. The number of carbonyl (C=O) groups excluding carboxylic acids is 2. The molecule has 42 heavy (non-hydrogen) atoms. The molecule has 10 nitrogen and oxygen atoms in total. The highest BCUT2D eigenvalue weighted by atomic mass is 32.2. The Morgan fingerprint density at radius 3 is 2.31 bits per heavy atom. The number of anilines is 1. The molecule has 3 aromatic rings. The maximum Gasteiger partial charge on any atom is 0.326 e. The van der Waals surface area contributed by atoms with E-state index in [-0.39, 0.29) is 23.9 Å². The number of amides is 3. The van der Waals surface area contributed by atoms with Gasteiger partial charge < -0.3 is 20.6 Å². The van der Waals surface area contributed by atoms with Crippen molar-refractivity contribution in [2.24, 2.45) is 5.92 Å². The molecule has 2 aliphatic heterocycles. The van der Waals surface area contributed by atoms with E-state index < -0.39 is 33.9 Å². The van der Waals surface area contributed by atoms with Gasteiger partial charge in [-0.2, -0.15) is 4.31 Å². The molecule has 0 radical (unpaired) electrons. The predicted molar refractivity (Wildman–Crippen MR) is 160 cm³/mol. The van der Waals surface area contributed by atoms with Crippen LogP contribution in [0.5, 0.6) is 0 Å². The van der Waals surface area contributed by atoms with Crippen molar-refractivity contribution in [3.63, 3.8) is 0 Å². The van der Waals surface area contributed by atoms with Crippen LogP contribution in [0.3, 0.4) is 0 Å².